The first-order valence-corrected chi connectivity index (χ1v) is 8.09. The molecule has 0 unspecified atom stereocenters. The van der Waals surface area contributed by atoms with Gasteiger partial charge in [0, 0.05) is 5.69 Å². The molecule has 0 aliphatic rings. The third kappa shape index (κ3) is 2.41. The Hall–Kier alpha value is -3.02. The van der Waals surface area contributed by atoms with E-state index in [9.17, 15) is 9.50 Å². The Labute approximate surface area is 143 Å². The lowest BCUT2D eigenvalue weighted by Gasteiger charge is -2.11. The number of halogens is 1. The van der Waals surface area contributed by atoms with Gasteiger partial charge in [0.15, 0.2) is 5.65 Å². The maximum absolute atomic E-state index is 14.4. The highest BCUT2D eigenvalue weighted by Crippen LogP contribution is 2.29. The highest BCUT2D eigenvalue weighted by molar-refractivity contribution is 5.80. The topological polar surface area (TPSA) is 63.3 Å². The fraction of sp³-hybridized carbons (Fsp3) is 0.211. The molecule has 126 valence electrons. The van der Waals surface area contributed by atoms with Gasteiger partial charge in [-0.05, 0) is 43.2 Å². The third-order valence-corrected chi connectivity index (χ3v) is 4.29. The number of rotatable bonds is 2. The standard InChI is InChI=1S/C19H17FN4O/c1-10(2)15-6-7-16-19(23-15)24-17(11(3)22-16)9-21-18(24)13-8-12(25)4-5-14(13)20/h4-10,25H,1-3H3. The van der Waals surface area contributed by atoms with Crippen LogP contribution in [0.3, 0.4) is 0 Å². The molecule has 5 nitrogen and oxygen atoms in total. The second-order valence-electron chi connectivity index (χ2n) is 6.40. The highest BCUT2D eigenvalue weighted by atomic mass is 19.1. The minimum absolute atomic E-state index is 0.0148. The van der Waals surface area contributed by atoms with Gasteiger partial charge in [-0.3, -0.25) is 4.40 Å². The van der Waals surface area contributed by atoms with E-state index in [1.807, 2.05) is 19.1 Å². The van der Waals surface area contributed by atoms with Crippen LogP contribution in [0.4, 0.5) is 4.39 Å². The number of benzene rings is 1. The summed E-state index contributed by atoms with van der Waals surface area (Å²) in [6, 6.07) is 7.80. The number of phenols is 1. The maximum atomic E-state index is 14.4. The third-order valence-electron chi connectivity index (χ3n) is 4.29. The van der Waals surface area contributed by atoms with Gasteiger partial charge in [0.2, 0.25) is 0 Å². The molecule has 1 aromatic carbocycles. The number of nitrogens with zero attached hydrogens (tertiary/aromatic N) is 4. The Kier molecular flexibility index (Phi) is 3.42. The molecular weight excluding hydrogens is 319 g/mol. The van der Waals surface area contributed by atoms with Crippen LogP contribution in [0.2, 0.25) is 0 Å². The van der Waals surface area contributed by atoms with E-state index in [1.54, 1.807) is 10.6 Å². The number of pyridine rings is 1. The van der Waals surface area contributed by atoms with E-state index in [0.29, 0.717) is 17.0 Å². The molecule has 0 aliphatic heterocycles. The fourth-order valence-corrected chi connectivity index (χ4v) is 2.96. The number of fused-ring (bicyclic) bond motifs is 3. The first kappa shape index (κ1) is 15.5. The normalized spacial score (nSPS) is 11.7. The van der Waals surface area contributed by atoms with Gasteiger partial charge in [0.05, 0.1) is 23.0 Å². The summed E-state index contributed by atoms with van der Waals surface area (Å²) >= 11 is 0. The van der Waals surface area contributed by atoms with Crippen molar-refractivity contribution >= 4 is 16.7 Å². The van der Waals surface area contributed by atoms with Gasteiger partial charge in [-0.2, -0.15) is 0 Å². The number of hydrogen-bond donors (Lipinski definition) is 1. The van der Waals surface area contributed by atoms with Crippen molar-refractivity contribution in [3.63, 3.8) is 0 Å². The Morgan fingerprint density at radius 3 is 2.68 bits per heavy atom. The quantitative estimate of drug-likeness (QED) is 0.595. The maximum Gasteiger partial charge on any atom is 0.165 e. The fourth-order valence-electron chi connectivity index (χ4n) is 2.96. The van der Waals surface area contributed by atoms with Gasteiger partial charge in [-0.15, -0.1) is 0 Å². The zero-order valence-corrected chi connectivity index (χ0v) is 14.2. The van der Waals surface area contributed by atoms with Crippen molar-refractivity contribution in [1.29, 1.82) is 0 Å². The number of aryl methyl sites for hydroxylation is 1. The van der Waals surface area contributed by atoms with Gasteiger partial charge < -0.3 is 5.11 Å². The summed E-state index contributed by atoms with van der Waals surface area (Å²) in [4.78, 5) is 13.7. The molecular formula is C19H17FN4O. The second kappa shape index (κ2) is 5.51. The number of aromatic hydroxyl groups is 1. The lowest BCUT2D eigenvalue weighted by molar-refractivity contribution is 0.473. The zero-order chi connectivity index (χ0) is 17.7. The van der Waals surface area contributed by atoms with Crippen molar-refractivity contribution in [2.45, 2.75) is 26.7 Å². The highest BCUT2D eigenvalue weighted by Gasteiger charge is 2.17. The van der Waals surface area contributed by atoms with Gasteiger partial charge in [0.25, 0.3) is 0 Å². The number of phenolic OH excluding ortho intramolecular Hbond substituents is 1. The smallest absolute Gasteiger partial charge is 0.165 e. The molecule has 4 aromatic rings. The zero-order valence-electron chi connectivity index (χ0n) is 14.2. The van der Waals surface area contributed by atoms with Gasteiger partial charge in [-0.1, -0.05) is 13.8 Å². The summed E-state index contributed by atoms with van der Waals surface area (Å²) in [5, 5.41) is 9.76. The van der Waals surface area contributed by atoms with Crippen LogP contribution in [0.25, 0.3) is 28.1 Å². The second-order valence-corrected chi connectivity index (χ2v) is 6.40. The Balaban J connectivity index is 2.14. The summed E-state index contributed by atoms with van der Waals surface area (Å²) in [7, 11) is 0. The Morgan fingerprint density at radius 1 is 1.12 bits per heavy atom. The van der Waals surface area contributed by atoms with Crippen molar-refractivity contribution in [2.24, 2.45) is 0 Å². The molecule has 0 spiro atoms. The van der Waals surface area contributed by atoms with Crippen molar-refractivity contribution in [3.8, 4) is 17.1 Å². The molecule has 3 aromatic heterocycles. The molecule has 0 fully saturated rings. The average molecular weight is 336 g/mol. The van der Waals surface area contributed by atoms with Crippen LogP contribution in [0.15, 0.2) is 36.5 Å². The molecule has 0 radical (unpaired) electrons. The first-order valence-electron chi connectivity index (χ1n) is 8.09. The van der Waals surface area contributed by atoms with Crippen molar-refractivity contribution < 1.29 is 9.50 Å². The van der Waals surface area contributed by atoms with Gasteiger partial charge in [0.1, 0.15) is 22.9 Å². The summed E-state index contributed by atoms with van der Waals surface area (Å²) in [5.41, 5.74) is 4.04. The molecule has 25 heavy (non-hydrogen) atoms. The van der Waals surface area contributed by atoms with Crippen LogP contribution >= 0.6 is 0 Å². The van der Waals surface area contributed by atoms with E-state index in [1.165, 1.54) is 18.2 Å². The Morgan fingerprint density at radius 2 is 1.92 bits per heavy atom. The van der Waals surface area contributed by atoms with Gasteiger partial charge >= 0.3 is 0 Å². The molecule has 0 aliphatic carbocycles. The largest absolute Gasteiger partial charge is 0.508 e. The monoisotopic (exact) mass is 336 g/mol. The van der Waals surface area contributed by atoms with E-state index < -0.39 is 5.82 Å². The summed E-state index contributed by atoms with van der Waals surface area (Å²) < 4.78 is 16.2. The molecule has 0 amide bonds. The lowest BCUT2D eigenvalue weighted by atomic mass is 10.1. The van der Waals surface area contributed by atoms with Crippen LogP contribution in [-0.4, -0.2) is 24.5 Å². The number of aromatic nitrogens is 4. The van der Waals surface area contributed by atoms with Crippen molar-refractivity contribution in [1.82, 2.24) is 19.4 Å². The molecule has 3 heterocycles. The van der Waals surface area contributed by atoms with Crippen LogP contribution in [0.1, 0.15) is 31.2 Å². The van der Waals surface area contributed by atoms with Crippen molar-refractivity contribution in [2.75, 3.05) is 0 Å². The predicted molar refractivity (Wildman–Crippen MR) is 94.2 cm³/mol. The molecule has 0 bridgehead atoms. The number of hydrogen-bond acceptors (Lipinski definition) is 4. The molecule has 1 N–H and O–H groups in total. The summed E-state index contributed by atoms with van der Waals surface area (Å²) in [6.07, 6.45) is 1.66. The minimum Gasteiger partial charge on any atom is -0.508 e. The van der Waals surface area contributed by atoms with Crippen LogP contribution < -0.4 is 0 Å². The minimum atomic E-state index is -0.451. The van der Waals surface area contributed by atoms with Crippen LogP contribution in [0.5, 0.6) is 5.75 Å². The SMILES string of the molecule is Cc1nc2ccc(C(C)C)nc2n2c(-c3cc(O)ccc3F)ncc12. The van der Waals surface area contributed by atoms with E-state index in [-0.39, 0.29) is 17.2 Å². The van der Waals surface area contributed by atoms with E-state index in [2.05, 4.69) is 23.8 Å². The molecule has 6 heteroatoms. The molecule has 0 atom stereocenters. The first-order chi connectivity index (χ1) is 12.0. The molecule has 0 saturated heterocycles. The predicted octanol–water partition coefficient (Wildman–Crippen LogP) is 4.22. The van der Waals surface area contributed by atoms with Gasteiger partial charge in [-0.25, -0.2) is 19.3 Å². The van der Waals surface area contributed by atoms with E-state index >= 15 is 0 Å². The van der Waals surface area contributed by atoms with Crippen molar-refractivity contribution in [3.05, 3.63) is 53.7 Å². The summed E-state index contributed by atoms with van der Waals surface area (Å²) in [5.74, 6) is 0.185. The van der Waals surface area contributed by atoms with Crippen LogP contribution in [-0.2, 0) is 0 Å². The van der Waals surface area contributed by atoms with Crippen LogP contribution in [0, 0.1) is 12.7 Å². The number of imidazole rings is 1. The Bertz CT molecular complexity index is 1120. The van der Waals surface area contributed by atoms with E-state index in [0.717, 1.165) is 16.9 Å². The summed E-state index contributed by atoms with van der Waals surface area (Å²) in [6.45, 7) is 6.02. The van der Waals surface area contributed by atoms with E-state index in [4.69, 9.17) is 4.98 Å². The molecule has 4 rings (SSSR count). The lowest BCUT2D eigenvalue weighted by Crippen LogP contribution is -2.02. The molecule has 0 saturated carbocycles. The average Bonchev–Trinajstić information content (AvgIpc) is 3.02.